The van der Waals surface area contributed by atoms with Crippen LogP contribution in [0.25, 0.3) is 0 Å². The van der Waals surface area contributed by atoms with Crippen molar-refractivity contribution >= 4 is 33.2 Å². The van der Waals surface area contributed by atoms with Crippen LogP contribution in [0.15, 0.2) is 33.0 Å². The standard InChI is InChI=1S/C18H21F3N4O5S2/c1-10(9-32(2,28)29)17(26)22-5-6-31-18-15(24-30-25-18)14(23-27)8-11-3-4-13(19)12(7-11)16(20)21/h3-4,7,10,16,27H,5-6,8-9H2,1-2H3,(H,22,26)/t10-/m1/s1. The molecule has 2 aromatic rings. The van der Waals surface area contributed by atoms with E-state index in [-0.39, 0.29) is 40.7 Å². The fourth-order valence-electron chi connectivity index (χ4n) is 2.71. The van der Waals surface area contributed by atoms with Crippen molar-refractivity contribution in [2.75, 3.05) is 24.3 Å². The van der Waals surface area contributed by atoms with E-state index in [0.29, 0.717) is 5.75 Å². The molecule has 0 aliphatic carbocycles. The number of hydrogen-bond donors (Lipinski definition) is 2. The first kappa shape index (κ1) is 25.6. The summed E-state index contributed by atoms with van der Waals surface area (Å²) in [5.74, 6) is -2.13. The number of hydrogen-bond acceptors (Lipinski definition) is 9. The zero-order valence-electron chi connectivity index (χ0n) is 17.1. The number of aromatic nitrogens is 2. The van der Waals surface area contributed by atoms with E-state index in [4.69, 9.17) is 0 Å². The highest BCUT2D eigenvalue weighted by Crippen LogP contribution is 2.25. The Bertz CT molecular complexity index is 1080. The van der Waals surface area contributed by atoms with Gasteiger partial charge in [0.15, 0.2) is 10.7 Å². The predicted octanol–water partition coefficient (Wildman–Crippen LogP) is 2.46. The molecule has 0 spiro atoms. The van der Waals surface area contributed by atoms with E-state index >= 15 is 0 Å². The largest absolute Gasteiger partial charge is 0.411 e. The molecule has 0 radical (unpaired) electrons. The minimum Gasteiger partial charge on any atom is -0.411 e. The lowest BCUT2D eigenvalue weighted by Crippen LogP contribution is -2.34. The topological polar surface area (TPSA) is 135 Å². The lowest BCUT2D eigenvalue weighted by atomic mass is 10.0. The second-order valence-corrected chi connectivity index (χ2v) is 10.2. The van der Waals surface area contributed by atoms with Gasteiger partial charge in [-0.1, -0.05) is 29.9 Å². The number of nitrogens with zero attached hydrogens (tertiary/aromatic N) is 3. The van der Waals surface area contributed by atoms with E-state index in [9.17, 15) is 31.6 Å². The number of alkyl halides is 2. The molecule has 0 saturated heterocycles. The van der Waals surface area contributed by atoms with Crippen LogP contribution in [0, 0.1) is 11.7 Å². The minimum absolute atomic E-state index is 0.0358. The van der Waals surface area contributed by atoms with Crippen molar-refractivity contribution in [2.45, 2.75) is 24.8 Å². The molecule has 1 aromatic carbocycles. The Balaban J connectivity index is 1.97. The molecule has 2 rings (SSSR count). The van der Waals surface area contributed by atoms with Crippen molar-refractivity contribution in [3.8, 4) is 0 Å². The summed E-state index contributed by atoms with van der Waals surface area (Å²) in [6.45, 7) is 1.69. The van der Waals surface area contributed by atoms with Gasteiger partial charge in [0.1, 0.15) is 21.4 Å². The number of carbonyl (C=O) groups is 1. The highest BCUT2D eigenvalue weighted by molar-refractivity contribution is 7.99. The molecular formula is C18H21F3N4O5S2. The highest BCUT2D eigenvalue weighted by atomic mass is 32.2. The molecule has 1 atom stereocenters. The van der Waals surface area contributed by atoms with Gasteiger partial charge in [-0.2, -0.15) is 0 Å². The van der Waals surface area contributed by atoms with Crippen LogP contribution in [0.4, 0.5) is 13.2 Å². The van der Waals surface area contributed by atoms with Gasteiger partial charge in [-0.25, -0.2) is 26.2 Å². The molecule has 0 unspecified atom stereocenters. The Morgan fingerprint density at radius 2 is 2.06 bits per heavy atom. The van der Waals surface area contributed by atoms with Crippen LogP contribution < -0.4 is 5.32 Å². The van der Waals surface area contributed by atoms with Crippen LogP contribution in [-0.4, -0.2) is 59.9 Å². The van der Waals surface area contributed by atoms with Crippen molar-refractivity contribution in [2.24, 2.45) is 11.1 Å². The number of nitrogens with one attached hydrogen (secondary N) is 1. The second-order valence-electron chi connectivity index (χ2n) is 6.93. The zero-order valence-corrected chi connectivity index (χ0v) is 18.7. The van der Waals surface area contributed by atoms with Crippen molar-refractivity contribution in [3.05, 3.63) is 40.8 Å². The molecule has 0 aliphatic rings. The van der Waals surface area contributed by atoms with Gasteiger partial charge in [0.25, 0.3) is 6.43 Å². The number of carbonyl (C=O) groups excluding carboxylic acids is 1. The monoisotopic (exact) mass is 494 g/mol. The Labute approximate surface area is 186 Å². The average Bonchev–Trinajstić information content (AvgIpc) is 3.17. The van der Waals surface area contributed by atoms with Crippen LogP contribution >= 0.6 is 11.8 Å². The molecule has 32 heavy (non-hydrogen) atoms. The van der Waals surface area contributed by atoms with Gasteiger partial charge >= 0.3 is 0 Å². The highest BCUT2D eigenvalue weighted by Gasteiger charge is 2.21. The minimum atomic E-state index is -3.28. The number of sulfone groups is 1. The van der Waals surface area contributed by atoms with Crippen molar-refractivity contribution < 1.29 is 36.2 Å². The molecule has 0 bridgehead atoms. The molecule has 0 aliphatic heterocycles. The Morgan fingerprint density at radius 1 is 1.34 bits per heavy atom. The predicted molar refractivity (Wildman–Crippen MR) is 110 cm³/mol. The molecule has 14 heteroatoms. The Morgan fingerprint density at radius 3 is 2.69 bits per heavy atom. The first-order valence-electron chi connectivity index (χ1n) is 9.20. The molecule has 0 saturated carbocycles. The summed E-state index contributed by atoms with van der Waals surface area (Å²) in [7, 11) is -3.28. The molecule has 0 fully saturated rings. The van der Waals surface area contributed by atoms with Crippen LogP contribution in [0.3, 0.4) is 0 Å². The molecular weight excluding hydrogens is 473 g/mol. The fraction of sp³-hybridized carbons (Fsp3) is 0.444. The van der Waals surface area contributed by atoms with Gasteiger partial charge in [-0.3, -0.25) is 4.79 Å². The van der Waals surface area contributed by atoms with E-state index in [0.717, 1.165) is 30.2 Å². The van der Waals surface area contributed by atoms with Gasteiger partial charge in [-0.15, -0.1) is 0 Å². The number of thioether (sulfide) groups is 1. The lowest BCUT2D eigenvalue weighted by Gasteiger charge is -2.10. The van der Waals surface area contributed by atoms with Gasteiger partial charge < -0.3 is 10.5 Å². The second kappa shape index (κ2) is 11.3. The molecule has 176 valence electrons. The summed E-state index contributed by atoms with van der Waals surface area (Å²) in [5, 5.41) is 22.7. The Hall–Kier alpha value is -2.61. The first-order valence-corrected chi connectivity index (χ1v) is 12.2. The maximum atomic E-state index is 13.5. The normalized spacial score (nSPS) is 13.4. The molecule has 2 N–H and O–H groups in total. The number of rotatable bonds is 11. The summed E-state index contributed by atoms with van der Waals surface area (Å²) < 4.78 is 66.5. The number of benzene rings is 1. The SMILES string of the molecule is C[C@H](CS(C)(=O)=O)C(=O)NCCSc1nonc1C(Cc1ccc(F)c(C(F)F)c1)=NO. The van der Waals surface area contributed by atoms with E-state index in [1.807, 2.05) is 0 Å². The maximum absolute atomic E-state index is 13.5. The third kappa shape index (κ3) is 7.51. The van der Waals surface area contributed by atoms with Crippen LogP contribution in [0.2, 0.25) is 0 Å². The number of amides is 1. The van der Waals surface area contributed by atoms with Gasteiger partial charge in [0.05, 0.1) is 11.3 Å². The summed E-state index contributed by atoms with van der Waals surface area (Å²) >= 11 is 1.11. The Kier molecular flexibility index (Phi) is 9.07. The van der Waals surface area contributed by atoms with Crippen molar-refractivity contribution in [1.29, 1.82) is 0 Å². The average molecular weight is 495 g/mol. The zero-order chi connectivity index (χ0) is 23.9. The first-order chi connectivity index (χ1) is 15.0. The van der Waals surface area contributed by atoms with Gasteiger partial charge in [0.2, 0.25) is 5.91 Å². The number of oxime groups is 1. The van der Waals surface area contributed by atoms with Gasteiger partial charge in [-0.05, 0) is 28.0 Å². The van der Waals surface area contributed by atoms with Crippen molar-refractivity contribution in [3.63, 3.8) is 0 Å². The van der Waals surface area contributed by atoms with Crippen LogP contribution in [0.1, 0.15) is 30.2 Å². The lowest BCUT2D eigenvalue weighted by molar-refractivity contribution is -0.123. The van der Waals surface area contributed by atoms with E-state index < -0.39 is 39.5 Å². The summed E-state index contributed by atoms with van der Waals surface area (Å²) in [6.07, 6.45) is -2.09. The van der Waals surface area contributed by atoms with Crippen LogP contribution in [0.5, 0.6) is 0 Å². The third-order valence-corrected chi connectivity index (χ3v) is 6.22. The number of halogens is 3. The quantitative estimate of drug-likeness (QED) is 0.160. The van der Waals surface area contributed by atoms with E-state index in [1.54, 1.807) is 0 Å². The van der Waals surface area contributed by atoms with Gasteiger partial charge in [0, 0.05) is 30.9 Å². The summed E-state index contributed by atoms with van der Waals surface area (Å²) in [6, 6.07) is 3.15. The molecule has 1 amide bonds. The fourth-order valence-corrected chi connectivity index (χ4v) is 4.54. The van der Waals surface area contributed by atoms with Crippen LogP contribution in [-0.2, 0) is 21.1 Å². The third-order valence-electron chi connectivity index (χ3n) is 4.16. The van der Waals surface area contributed by atoms with E-state index in [1.165, 1.54) is 13.0 Å². The maximum Gasteiger partial charge on any atom is 0.266 e. The van der Waals surface area contributed by atoms with Crippen molar-refractivity contribution in [1.82, 2.24) is 15.6 Å². The molecule has 9 nitrogen and oxygen atoms in total. The van der Waals surface area contributed by atoms with E-state index in [2.05, 4.69) is 25.4 Å². The summed E-state index contributed by atoms with van der Waals surface area (Å²) in [5.41, 5.74) is -0.474. The molecule has 1 heterocycles. The summed E-state index contributed by atoms with van der Waals surface area (Å²) in [4.78, 5) is 11.9. The smallest absolute Gasteiger partial charge is 0.266 e. The molecule has 1 aromatic heterocycles.